The van der Waals surface area contributed by atoms with Crippen molar-refractivity contribution >= 4 is 0 Å². The molecule has 0 heterocycles. The highest BCUT2D eigenvalue weighted by atomic mass is 14.6. The number of fused-ring (bicyclic) bond motifs is 3. The zero-order valence-electron chi connectivity index (χ0n) is 17.0. The fourth-order valence-corrected chi connectivity index (χ4v) is 7.05. The van der Waals surface area contributed by atoms with Crippen LogP contribution in [-0.4, -0.2) is 0 Å². The lowest BCUT2D eigenvalue weighted by molar-refractivity contribution is -0.00106. The summed E-state index contributed by atoms with van der Waals surface area (Å²) in [7, 11) is 0. The van der Waals surface area contributed by atoms with Gasteiger partial charge in [0.25, 0.3) is 0 Å². The first-order chi connectivity index (χ1) is 11.4. The molecular weight excluding hydrogens is 288 g/mol. The van der Waals surface area contributed by atoms with E-state index in [4.69, 9.17) is 0 Å². The van der Waals surface area contributed by atoms with Crippen LogP contribution in [0.1, 0.15) is 92.4 Å². The Balaban J connectivity index is 1.96. The van der Waals surface area contributed by atoms with Gasteiger partial charge in [0.1, 0.15) is 0 Å². The van der Waals surface area contributed by atoms with Gasteiger partial charge in [0.2, 0.25) is 0 Å². The fourth-order valence-electron chi connectivity index (χ4n) is 7.05. The van der Waals surface area contributed by atoms with E-state index in [1.165, 1.54) is 57.8 Å². The molecule has 0 nitrogen and oxygen atoms in total. The minimum Gasteiger partial charge on any atom is -0.0993 e. The van der Waals surface area contributed by atoms with Crippen molar-refractivity contribution < 1.29 is 0 Å². The van der Waals surface area contributed by atoms with Crippen molar-refractivity contribution in [1.82, 2.24) is 0 Å². The van der Waals surface area contributed by atoms with Crippen LogP contribution in [0.15, 0.2) is 23.8 Å². The average molecular weight is 329 g/mol. The van der Waals surface area contributed by atoms with E-state index in [9.17, 15) is 0 Å². The van der Waals surface area contributed by atoms with Gasteiger partial charge in [-0.2, -0.15) is 0 Å². The van der Waals surface area contributed by atoms with Crippen LogP contribution in [0.2, 0.25) is 0 Å². The van der Waals surface area contributed by atoms with Crippen molar-refractivity contribution in [3.63, 3.8) is 0 Å². The lowest BCUT2D eigenvalue weighted by Gasteiger charge is -2.61. The maximum Gasteiger partial charge on any atom is -0.00713 e. The Hall–Kier alpha value is -0.520. The predicted octanol–water partition coefficient (Wildman–Crippen LogP) is 7.56. The minimum atomic E-state index is 0.430. The summed E-state index contributed by atoms with van der Waals surface area (Å²) in [6.07, 6.45) is 15.1. The quantitative estimate of drug-likeness (QED) is 0.467. The molecule has 0 radical (unpaired) electrons. The first-order valence-corrected chi connectivity index (χ1v) is 10.8. The second-order valence-electron chi connectivity index (χ2n) is 9.69. The van der Waals surface area contributed by atoms with Crippen LogP contribution in [0.25, 0.3) is 0 Å². The van der Waals surface area contributed by atoms with E-state index < -0.39 is 0 Å². The molecule has 0 saturated heterocycles. The molecule has 3 rings (SSSR count). The van der Waals surface area contributed by atoms with Crippen LogP contribution in [0.5, 0.6) is 0 Å². The molecule has 0 heteroatoms. The summed E-state index contributed by atoms with van der Waals surface area (Å²) in [5, 5.41) is 0. The lowest BCUT2D eigenvalue weighted by Crippen LogP contribution is -2.52. The Morgan fingerprint density at radius 2 is 1.92 bits per heavy atom. The molecule has 0 spiro atoms. The predicted molar refractivity (Wildman–Crippen MR) is 106 cm³/mol. The smallest absolute Gasteiger partial charge is 0.00713 e. The minimum absolute atomic E-state index is 0.430. The molecule has 0 aromatic rings. The third-order valence-corrected chi connectivity index (χ3v) is 8.57. The summed E-state index contributed by atoms with van der Waals surface area (Å²) in [6.45, 7) is 17.0. The standard InChI is InChI=1S/C24H40/c1-7-9-11-20-12-10-13-22-23(20,5)15-14-21-18(4)17(3)19(8-2)16-24(21,22)6/h13,18-21H,3,7-12,14-16H2,1-2,4-6H3. The molecule has 0 aromatic carbocycles. The van der Waals surface area contributed by atoms with Crippen molar-refractivity contribution in [3.05, 3.63) is 23.8 Å². The van der Waals surface area contributed by atoms with Crippen molar-refractivity contribution in [2.45, 2.75) is 92.4 Å². The molecule has 3 aliphatic carbocycles. The first kappa shape index (κ1) is 18.3. The molecule has 0 amide bonds. The summed E-state index contributed by atoms with van der Waals surface area (Å²) in [6, 6.07) is 0. The molecule has 0 aliphatic heterocycles. The number of hydrogen-bond donors (Lipinski definition) is 0. The van der Waals surface area contributed by atoms with E-state index in [1.54, 1.807) is 5.57 Å². The third-order valence-electron chi connectivity index (χ3n) is 8.57. The van der Waals surface area contributed by atoms with Crippen LogP contribution in [-0.2, 0) is 0 Å². The highest BCUT2D eigenvalue weighted by Crippen LogP contribution is 2.66. The second kappa shape index (κ2) is 6.65. The molecule has 6 unspecified atom stereocenters. The maximum absolute atomic E-state index is 4.53. The van der Waals surface area contributed by atoms with Gasteiger partial charge in [-0.25, -0.2) is 0 Å². The van der Waals surface area contributed by atoms with E-state index in [1.807, 2.05) is 5.57 Å². The summed E-state index contributed by atoms with van der Waals surface area (Å²) in [4.78, 5) is 0. The number of unbranched alkanes of at least 4 members (excludes halogenated alkanes) is 1. The Bertz CT molecular complexity index is 512. The van der Waals surface area contributed by atoms with Gasteiger partial charge in [0.15, 0.2) is 0 Å². The van der Waals surface area contributed by atoms with Crippen LogP contribution >= 0.6 is 0 Å². The number of allylic oxidation sites excluding steroid dienone is 3. The van der Waals surface area contributed by atoms with Crippen molar-refractivity contribution in [2.75, 3.05) is 0 Å². The molecule has 0 aromatic heterocycles. The molecule has 0 N–H and O–H groups in total. The molecule has 0 bridgehead atoms. The molecule has 136 valence electrons. The van der Waals surface area contributed by atoms with Crippen LogP contribution in [0, 0.1) is 34.5 Å². The van der Waals surface area contributed by atoms with Gasteiger partial charge in [-0.15, -0.1) is 0 Å². The molecule has 24 heavy (non-hydrogen) atoms. The summed E-state index contributed by atoms with van der Waals surface area (Å²) in [5.41, 5.74) is 4.34. The van der Waals surface area contributed by atoms with Gasteiger partial charge in [-0.05, 0) is 79.4 Å². The van der Waals surface area contributed by atoms with Crippen molar-refractivity contribution in [2.24, 2.45) is 34.5 Å². The fraction of sp³-hybridized carbons (Fsp3) is 0.833. The van der Waals surface area contributed by atoms with E-state index in [0.717, 1.165) is 17.8 Å². The average Bonchev–Trinajstić information content (AvgIpc) is 2.56. The second-order valence-corrected chi connectivity index (χ2v) is 9.69. The Morgan fingerprint density at radius 3 is 2.58 bits per heavy atom. The summed E-state index contributed by atoms with van der Waals surface area (Å²) in [5.74, 6) is 3.20. The van der Waals surface area contributed by atoms with Gasteiger partial charge < -0.3 is 0 Å². The maximum atomic E-state index is 4.53. The zero-order valence-corrected chi connectivity index (χ0v) is 17.0. The van der Waals surface area contributed by atoms with E-state index in [0.29, 0.717) is 16.7 Å². The van der Waals surface area contributed by atoms with Crippen molar-refractivity contribution in [1.29, 1.82) is 0 Å². The van der Waals surface area contributed by atoms with Crippen LogP contribution < -0.4 is 0 Å². The van der Waals surface area contributed by atoms with Crippen LogP contribution in [0.3, 0.4) is 0 Å². The monoisotopic (exact) mass is 328 g/mol. The van der Waals surface area contributed by atoms with Gasteiger partial charge in [-0.3, -0.25) is 0 Å². The zero-order chi connectivity index (χ0) is 17.5. The van der Waals surface area contributed by atoms with Crippen molar-refractivity contribution in [3.8, 4) is 0 Å². The SMILES string of the molecule is C=C1C(CC)CC2(C)C3=CCCC(CCCC)C3(C)CCC2C1C. The number of hydrogen-bond acceptors (Lipinski definition) is 0. The molecule has 3 aliphatic rings. The number of rotatable bonds is 4. The van der Waals surface area contributed by atoms with Gasteiger partial charge >= 0.3 is 0 Å². The topological polar surface area (TPSA) is 0 Å². The molecule has 6 atom stereocenters. The van der Waals surface area contributed by atoms with E-state index in [2.05, 4.69) is 47.3 Å². The van der Waals surface area contributed by atoms with E-state index >= 15 is 0 Å². The normalized spacial score (nSPS) is 45.4. The van der Waals surface area contributed by atoms with Gasteiger partial charge in [0.05, 0.1) is 0 Å². The first-order valence-electron chi connectivity index (χ1n) is 10.8. The Kier molecular flexibility index (Phi) is 5.07. The highest BCUT2D eigenvalue weighted by Gasteiger charge is 2.56. The summed E-state index contributed by atoms with van der Waals surface area (Å²) < 4.78 is 0. The Morgan fingerprint density at radius 1 is 1.17 bits per heavy atom. The molecular formula is C24H40. The van der Waals surface area contributed by atoms with E-state index in [-0.39, 0.29) is 0 Å². The third kappa shape index (κ3) is 2.63. The van der Waals surface area contributed by atoms with Gasteiger partial charge in [-0.1, -0.05) is 71.3 Å². The summed E-state index contributed by atoms with van der Waals surface area (Å²) >= 11 is 0. The molecule has 2 saturated carbocycles. The lowest BCUT2D eigenvalue weighted by atomic mass is 9.43. The van der Waals surface area contributed by atoms with Crippen LogP contribution in [0.4, 0.5) is 0 Å². The largest absolute Gasteiger partial charge is 0.0993 e. The Labute approximate surface area is 151 Å². The van der Waals surface area contributed by atoms with Gasteiger partial charge in [0, 0.05) is 0 Å². The highest BCUT2D eigenvalue weighted by molar-refractivity contribution is 5.33. The molecule has 2 fully saturated rings.